The van der Waals surface area contributed by atoms with E-state index in [0.29, 0.717) is 12.5 Å². The number of ether oxygens (including phenoxy) is 1. The second kappa shape index (κ2) is 17.9. The maximum absolute atomic E-state index is 10.4. The van der Waals surface area contributed by atoms with Crippen LogP contribution in [0.15, 0.2) is 0 Å². The topological polar surface area (TPSA) is 49.4 Å². The van der Waals surface area contributed by atoms with E-state index in [1.807, 2.05) is 0 Å². The number of unbranched alkanes of at least 4 members (excludes halogenated alkanes) is 8. The van der Waals surface area contributed by atoms with Crippen LogP contribution in [0.25, 0.3) is 0 Å². The molecule has 0 saturated heterocycles. The number of rotatable bonds is 14. The first kappa shape index (κ1) is 23.1. The van der Waals surface area contributed by atoms with E-state index >= 15 is 0 Å². The Morgan fingerprint density at radius 1 is 0.857 bits per heavy atom. The molecule has 120 valence electrons. The summed E-state index contributed by atoms with van der Waals surface area (Å²) in [6.07, 6.45) is 13.4. The zero-order valence-corrected chi connectivity index (χ0v) is 14.5. The molecule has 0 saturated carbocycles. The third-order valence-electron chi connectivity index (χ3n) is 3.87. The van der Waals surface area contributed by atoms with E-state index in [-0.39, 0.29) is 18.9 Å². The largest absolute Gasteiger partial charge is 1.00 e. The van der Waals surface area contributed by atoms with Crippen LogP contribution >= 0.6 is 0 Å². The van der Waals surface area contributed by atoms with Crippen LogP contribution in [0.3, 0.4) is 0 Å². The van der Waals surface area contributed by atoms with E-state index < -0.39 is 6.16 Å². The predicted molar refractivity (Wildman–Crippen MR) is 81.6 cm³/mol. The Balaban J connectivity index is 0. The maximum atomic E-state index is 10.4. The first-order valence-corrected chi connectivity index (χ1v) is 8.54. The van der Waals surface area contributed by atoms with Crippen molar-refractivity contribution in [1.29, 1.82) is 0 Å². The molecule has 0 aromatic heterocycles. The van der Waals surface area contributed by atoms with Crippen LogP contribution in [0, 0.1) is 5.92 Å². The fourth-order valence-corrected chi connectivity index (χ4v) is 2.57. The van der Waals surface area contributed by atoms with E-state index in [4.69, 9.17) is 0 Å². The van der Waals surface area contributed by atoms with Crippen molar-refractivity contribution >= 4 is 6.16 Å². The van der Waals surface area contributed by atoms with Crippen LogP contribution in [-0.4, -0.2) is 12.8 Å². The van der Waals surface area contributed by atoms with Crippen LogP contribution < -0.4 is 24.0 Å². The SMILES string of the molecule is CCCCCCCCC(CCCCCC)COC(=O)[O-].[Li+]. The van der Waals surface area contributed by atoms with Crippen LogP contribution in [0.1, 0.15) is 90.9 Å². The second-order valence-corrected chi connectivity index (χ2v) is 5.83. The Bertz CT molecular complexity index is 222. The predicted octanol–water partition coefficient (Wildman–Crippen LogP) is 1.69. The molecule has 0 N–H and O–H groups in total. The van der Waals surface area contributed by atoms with Gasteiger partial charge >= 0.3 is 18.9 Å². The molecule has 0 amide bonds. The van der Waals surface area contributed by atoms with E-state index in [1.54, 1.807) is 0 Å². The minimum atomic E-state index is -1.38. The van der Waals surface area contributed by atoms with Crippen molar-refractivity contribution in [2.75, 3.05) is 6.61 Å². The fourth-order valence-electron chi connectivity index (χ4n) is 2.57. The normalized spacial score (nSPS) is 11.7. The third kappa shape index (κ3) is 17.8. The van der Waals surface area contributed by atoms with Crippen LogP contribution in [0.5, 0.6) is 0 Å². The molecule has 0 bridgehead atoms. The first-order valence-electron chi connectivity index (χ1n) is 8.54. The fraction of sp³-hybridized carbons (Fsp3) is 0.941. The van der Waals surface area contributed by atoms with Crippen molar-refractivity contribution in [1.82, 2.24) is 0 Å². The summed E-state index contributed by atoms with van der Waals surface area (Å²) in [5.41, 5.74) is 0. The standard InChI is InChI=1S/C17H34O3.Li/c1-3-5-7-9-10-12-14-16(15-20-17(18)19)13-11-8-6-4-2;/h16H,3-15H2,1-2H3,(H,18,19);/q;+1/p-1. The number of carboxylic acid groups (broad SMARTS) is 1. The number of hydrogen-bond acceptors (Lipinski definition) is 3. The van der Waals surface area contributed by atoms with Gasteiger partial charge in [0.1, 0.15) is 0 Å². The Labute approximate surface area is 143 Å². The molecule has 0 rings (SSSR count). The molecule has 1 unspecified atom stereocenters. The smallest absolute Gasteiger partial charge is 0.549 e. The average molecular weight is 292 g/mol. The molecular weight excluding hydrogens is 259 g/mol. The van der Waals surface area contributed by atoms with Crippen molar-refractivity contribution in [2.45, 2.75) is 90.9 Å². The van der Waals surface area contributed by atoms with Gasteiger partial charge in [-0.05, 0) is 18.8 Å². The summed E-state index contributed by atoms with van der Waals surface area (Å²) in [7, 11) is 0. The molecule has 0 aliphatic rings. The zero-order chi connectivity index (χ0) is 15.1. The summed E-state index contributed by atoms with van der Waals surface area (Å²) in [5.74, 6) is 0.385. The number of carbonyl (C=O) groups excluding carboxylic acids is 1. The number of hydrogen-bond donors (Lipinski definition) is 0. The Morgan fingerprint density at radius 3 is 1.76 bits per heavy atom. The average Bonchev–Trinajstić information content (AvgIpc) is 2.43. The molecule has 0 aromatic rings. The van der Waals surface area contributed by atoms with E-state index in [2.05, 4.69) is 18.6 Å². The van der Waals surface area contributed by atoms with Gasteiger partial charge in [-0.1, -0.05) is 78.1 Å². The van der Waals surface area contributed by atoms with Gasteiger partial charge in [-0.2, -0.15) is 0 Å². The van der Waals surface area contributed by atoms with Gasteiger partial charge in [-0.25, -0.2) is 0 Å². The van der Waals surface area contributed by atoms with E-state index in [0.717, 1.165) is 12.8 Å². The van der Waals surface area contributed by atoms with Crippen molar-refractivity contribution in [3.05, 3.63) is 0 Å². The molecule has 0 heterocycles. The van der Waals surface area contributed by atoms with Gasteiger partial charge < -0.3 is 14.6 Å². The summed E-state index contributed by atoms with van der Waals surface area (Å²) < 4.78 is 4.66. The molecular formula is C17H33LiO3. The summed E-state index contributed by atoms with van der Waals surface area (Å²) in [6, 6.07) is 0. The van der Waals surface area contributed by atoms with Crippen LogP contribution in [0.2, 0.25) is 0 Å². The van der Waals surface area contributed by atoms with Gasteiger partial charge in [-0.15, -0.1) is 0 Å². The first-order chi connectivity index (χ1) is 9.70. The summed E-state index contributed by atoms with van der Waals surface area (Å²) in [6.45, 7) is 4.75. The molecule has 0 aromatic carbocycles. The molecule has 4 heteroatoms. The van der Waals surface area contributed by atoms with Gasteiger partial charge in [0.15, 0.2) is 0 Å². The second-order valence-electron chi connectivity index (χ2n) is 5.83. The Morgan fingerprint density at radius 2 is 1.29 bits per heavy atom. The van der Waals surface area contributed by atoms with Crippen LogP contribution in [0.4, 0.5) is 4.79 Å². The van der Waals surface area contributed by atoms with Crippen LogP contribution in [-0.2, 0) is 4.74 Å². The molecule has 0 spiro atoms. The molecule has 1 atom stereocenters. The van der Waals surface area contributed by atoms with Gasteiger partial charge in [0.05, 0.1) is 0 Å². The zero-order valence-electron chi connectivity index (χ0n) is 14.5. The molecule has 0 aliphatic carbocycles. The molecule has 0 aliphatic heterocycles. The summed E-state index contributed by atoms with van der Waals surface area (Å²) in [5, 5.41) is 10.4. The maximum Gasteiger partial charge on any atom is 1.00 e. The van der Waals surface area contributed by atoms with Crippen molar-refractivity contribution < 1.29 is 33.5 Å². The monoisotopic (exact) mass is 292 g/mol. The quantitative estimate of drug-likeness (QED) is 0.278. The Hall–Kier alpha value is -0.133. The minimum absolute atomic E-state index is 0. The van der Waals surface area contributed by atoms with E-state index in [1.165, 1.54) is 64.2 Å². The summed E-state index contributed by atoms with van der Waals surface area (Å²) in [4.78, 5) is 10.4. The molecule has 0 fully saturated rings. The number of carbonyl (C=O) groups is 1. The molecule has 3 nitrogen and oxygen atoms in total. The van der Waals surface area contributed by atoms with Gasteiger partial charge in [0.25, 0.3) is 6.16 Å². The minimum Gasteiger partial charge on any atom is -0.549 e. The molecule has 0 radical (unpaired) electrons. The van der Waals surface area contributed by atoms with Crippen molar-refractivity contribution in [3.8, 4) is 0 Å². The van der Waals surface area contributed by atoms with Gasteiger partial charge in [-0.3, -0.25) is 0 Å². The molecule has 21 heavy (non-hydrogen) atoms. The van der Waals surface area contributed by atoms with E-state index in [9.17, 15) is 9.90 Å². The summed E-state index contributed by atoms with van der Waals surface area (Å²) >= 11 is 0. The van der Waals surface area contributed by atoms with Gasteiger partial charge in [0.2, 0.25) is 0 Å². The third-order valence-corrected chi connectivity index (χ3v) is 3.87. The Kier molecular flexibility index (Phi) is 19.7. The van der Waals surface area contributed by atoms with Crippen molar-refractivity contribution in [3.63, 3.8) is 0 Å². The van der Waals surface area contributed by atoms with Gasteiger partial charge in [0, 0.05) is 6.61 Å². The van der Waals surface area contributed by atoms with Crippen molar-refractivity contribution in [2.24, 2.45) is 5.92 Å².